The maximum Gasteiger partial charge on any atom is 0.0205 e. The van der Waals surface area contributed by atoms with E-state index in [1.165, 1.54) is 27.5 Å². The van der Waals surface area contributed by atoms with Crippen LogP contribution >= 0.6 is 22.6 Å². The number of hydrogen-bond donors (Lipinski definition) is 0. The molecule has 0 unspecified atom stereocenters. The Hall–Kier alpha value is -0.570. The summed E-state index contributed by atoms with van der Waals surface area (Å²) in [5.74, 6) is 0. The fourth-order valence-corrected chi connectivity index (χ4v) is 2.28. The van der Waals surface area contributed by atoms with Gasteiger partial charge in [-0.2, -0.15) is 0 Å². The summed E-state index contributed by atoms with van der Waals surface area (Å²) in [6.07, 6.45) is 8.95. The highest BCUT2D eigenvalue weighted by molar-refractivity contribution is 14.1. The zero-order chi connectivity index (χ0) is 9.10. The summed E-state index contributed by atoms with van der Waals surface area (Å²) in [7, 11) is 0. The van der Waals surface area contributed by atoms with E-state index in [-0.39, 0.29) is 0 Å². The Labute approximate surface area is 92.5 Å². The van der Waals surface area contributed by atoms with Crippen molar-refractivity contribution in [3.63, 3.8) is 0 Å². The Morgan fingerprint density at radius 3 is 2.69 bits per heavy atom. The molecule has 0 radical (unpaired) electrons. The Morgan fingerprint density at radius 1 is 1.15 bits per heavy atom. The lowest BCUT2D eigenvalue weighted by Gasteiger charge is -2.10. The maximum absolute atomic E-state index is 2.40. The van der Waals surface area contributed by atoms with E-state index in [9.17, 15) is 0 Å². The molecule has 66 valence electrons. The summed E-state index contributed by atoms with van der Waals surface area (Å²) < 4.78 is 1.35. The number of benzene rings is 1. The number of allylic oxidation sites excluding steroid dienone is 4. The lowest BCUT2D eigenvalue weighted by Crippen LogP contribution is -1.90. The van der Waals surface area contributed by atoms with Crippen LogP contribution in [0.3, 0.4) is 0 Å². The van der Waals surface area contributed by atoms with Crippen LogP contribution in [0.5, 0.6) is 0 Å². The first-order valence-corrected chi connectivity index (χ1v) is 5.56. The van der Waals surface area contributed by atoms with Gasteiger partial charge < -0.3 is 0 Å². The van der Waals surface area contributed by atoms with Crippen LogP contribution in [0.25, 0.3) is 5.57 Å². The molecule has 1 aromatic carbocycles. The molecule has 0 saturated heterocycles. The van der Waals surface area contributed by atoms with E-state index < -0.39 is 0 Å². The number of rotatable bonds is 1. The second-order valence-corrected chi connectivity index (χ2v) is 4.30. The molecule has 0 N–H and O–H groups in total. The van der Waals surface area contributed by atoms with Crippen molar-refractivity contribution in [3.8, 4) is 0 Å². The normalized spacial score (nSPS) is 15.6. The van der Waals surface area contributed by atoms with Gasteiger partial charge in [0.15, 0.2) is 0 Å². The second-order valence-electron chi connectivity index (χ2n) is 3.14. The van der Waals surface area contributed by atoms with E-state index in [0.29, 0.717) is 0 Å². The van der Waals surface area contributed by atoms with E-state index in [0.717, 1.165) is 0 Å². The summed E-state index contributed by atoms with van der Waals surface area (Å²) in [5.41, 5.74) is 2.86. The van der Waals surface area contributed by atoms with Gasteiger partial charge in [-0.15, -0.1) is 0 Å². The van der Waals surface area contributed by atoms with Crippen LogP contribution in [0.15, 0.2) is 42.5 Å². The van der Waals surface area contributed by atoms with E-state index in [1.54, 1.807) is 0 Å². The van der Waals surface area contributed by atoms with Crippen molar-refractivity contribution in [3.05, 3.63) is 51.6 Å². The summed E-state index contributed by atoms with van der Waals surface area (Å²) >= 11 is 2.40. The molecule has 0 nitrogen and oxygen atoms in total. The Bertz CT molecular complexity index is 361. The van der Waals surface area contributed by atoms with Crippen molar-refractivity contribution in [2.45, 2.75) is 12.8 Å². The Morgan fingerprint density at radius 2 is 2.00 bits per heavy atom. The molecule has 1 aliphatic rings. The first-order chi connectivity index (χ1) is 6.38. The first-order valence-electron chi connectivity index (χ1n) is 4.48. The second kappa shape index (κ2) is 4.09. The third kappa shape index (κ3) is 2.02. The van der Waals surface area contributed by atoms with Crippen LogP contribution in [0.1, 0.15) is 18.4 Å². The molecule has 0 atom stereocenters. The highest BCUT2D eigenvalue weighted by Gasteiger charge is 2.05. The fourth-order valence-electron chi connectivity index (χ4n) is 1.55. The SMILES string of the molecule is Ic1ccccc1C1=CC=CCC1. The highest BCUT2D eigenvalue weighted by Crippen LogP contribution is 2.26. The molecule has 0 aromatic heterocycles. The lowest BCUT2D eigenvalue weighted by atomic mass is 9.98. The summed E-state index contributed by atoms with van der Waals surface area (Å²) in [6.45, 7) is 0. The van der Waals surface area contributed by atoms with Crippen LogP contribution in [0.2, 0.25) is 0 Å². The summed E-state index contributed by atoms with van der Waals surface area (Å²) in [5, 5.41) is 0. The van der Waals surface area contributed by atoms with Gasteiger partial charge in [-0.25, -0.2) is 0 Å². The third-order valence-corrected chi connectivity index (χ3v) is 3.17. The largest absolute Gasteiger partial charge is 0.0842 e. The minimum Gasteiger partial charge on any atom is -0.0842 e. The topological polar surface area (TPSA) is 0 Å². The average molecular weight is 282 g/mol. The molecule has 0 heterocycles. The molecule has 13 heavy (non-hydrogen) atoms. The van der Waals surface area contributed by atoms with Crippen molar-refractivity contribution in [2.75, 3.05) is 0 Å². The van der Waals surface area contributed by atoms with Gasteiger partial charge in [-0.1, -0.05) is 36.4 Å². The van der Waals surface area contributed by atoms with Crippen LogP contribution < -0.4 is 0 Å². The molecule has 0 amide bonds. The smallest absolute Gasteiger partial charge is 0.0205 e. The number of halogens is 1. The zero-order valence-corrected chi connectivity index (χ0v) is 9.49. The molecular weight excluding hydrogens is 271 g/mol. The van der Waals surface area contributed by atoms with E-state index in [4.69, 9.17) is 0 Å². The van der Waals surface area contributed by atoms with Gasteiger partial charge in [0, 0.05) is 3.57 Å². The zero-order valence-electron chi connectivity index (χ0n) is 7.33. The molecule has 0 fully saturated rings. The molecule has 0 bridgehead atoms. The molecular formula is C12H11I. The minimum atomic E-state index is 1.18. The molecule has 1 aliphatic carbocycles. The van der Waals surface area contributed by atoms with E-state index in [2.05, 4.69) is 65.1 Å². The van der Waals surface area contributed by atoms with Gasteiger partial charge >= 0.3 is 0 Å². The van der Waals surface area contributed by atoms with Crippen LogP contribution in [-0.4, -0.2) is 0 Å². The standard InChI is InChI=1S/C12H11I/c13-12-9-5-4-8-11(12)10-6-2-1-3-7-10/h1-2,4-6,8-9H,3,7H2. The van der Waals surface area contributed by atoms with Crippen molar-refractivity contribution in [1.29, 1.82) is 0 Å². The minimum absolute atomic E-state index is 1.18. The molecule has 0 saturated carbocycles. The summed E-state index contributed by atoms with van der Waals surface area (Å²) in [6, 6.07) is 8.56. The van der Waals surface area contributed by atoms with Crippen molar-refractivity contribution in [1.82, 2.24) is 0 Å². The highest BCUT2D eigenvalue weighted by atomic mass is 127. The van der Waals surface area contributed by atoms with E-state index in [1.807, 2.05) is 0 Å². The van der Waals surface area contributed by atoms with Crippen molar-refractivity contribution >= 4 is 28.2 Å². The van der Waals surface area contributed by atoms with Crippen LogP contribution in [0, 0.1) is 3.57 Å². The predicted molar refractivity (Wildman–Crippen MR) is 65.5 cm³/mol. The fraction of sp³-hybridized carbons (Fsp3) is 0.167. The lowest BCUT2D eigenvalue weighted by molar-refractivity contribution is 1.05. The predicted octanol–water partition coefficient (Wildman–Crippen LogP) is 4.02. The maximum atomic E-state index is 2.40. The van der Waals surface area contributed by atoms with Gasteiger partial charge in [-0.05, 0) is 52.6 Å². The Balaban J connectivity index is 2.40. The molecule has 1 heteroatoms. The van der Waals surface area contributed by atoms with Crippen LogP contribution in [0.4, 0.5) is 0 Å². The summed E-state index contributed by atoms with van der Waals surface area (Å²) in [4.78, 5) is 0. The first kappa shape index (κ1) is 9.00. The number of hydrogen-bond acceptors (Lipinski definition) is 0. The van der Waals surface area contributed by atoms with Gasteiger partial charge in [0.25, 0.3) is 0 Å². The quantitative estimate of drug-likeness (QED) is 0.682. The molecule has 1 aromatic rings. The van der Waals surface area contributed by atoms with Crippen LogP contribution in [-0.2, 0) is 0 Å². The van der Waals surface area contributed by atoms with Gasteiger partial charge in [0.05, 0.1) is 0 Å². The Kier molecular flexibility index (Phi) is 2.83. The average Bonchev–Trinajstić information content (AvgIpc) is 2.20. The van der Waals surface area contributed by atoms with Gasteiger partial charge in [0.2, 0.25) is 0 Å². The monoisotopic (exact) mass is 282 g/mol. The van der Waals surface area contributed by atoms with Crippen molar-refractivity contribution in [2.24, 2.45) is 0 Å². The van der Waals surface area contributed by atoms with Crippen molar-refractivity contribution < 1.29 is 0 Å². The van der Waals surface area contributed by atoms with Gasteiger partial charge in [0.1, 0.15) is 0 Å². The molecule has 0 aliphatic heterocycles. The third-order valence-electron chi connectivity index (χ3n) is 2.23. The van der Waals surface area contributed by atoms with E-state index >= 15 is 0 Å². The molecule has 2 rings (SSSR count). The molecule has 0 spiro atoms. The van der Waals surface area contributed by atoms with Gasteiger partial charge in [-0.3, -0.25) is 0 Å².